The van der Waals surface area contributed by atoms with Gasteiger partial charge in [0.1, 0.15) is 0 Å². The minimum atomic E-state index is -0.820. The first-order valence-corrected chi connectivity index (χ1v) is 6.10. The molecule has 1 atom stereocenters. The Morgan fingerprint density at radius 1 is 1.42 bits per heavy atom. The van der Waals surface area contributed by atoms with Crippen molar-refractivity contribution in [2.45, 2.75) is 26.3 Å². The highest BCUT2D eigenvalue weighted by atomic mass is 16.6. The summed E-state index contributed by atoms with van der Waals surface area (Å²) in [4.78, 5) is 22.1. The SMILES string of the molecule is CCOC(=O)/C(=C\c1ccccc1)CC(C)[N+](=O)[O-]. The van der Waals surface area contributed by atoms with Gasteiger partial charge in [-0.3, -0.25) is 10.1 Å². The van der Waals surface area contributed by atoms with E-state index in [9.17, 15) is 14.9 Å². The minimum Gasteiger partial charge on any atom is -0.463 e. The van der Waals surface area contributed by atoms with Crippen LogP contribution < -0.4 is 0 Å². The second-order valence-electron chi connectivity index (χ2n) is 4.14. The molecule has 0 saturated heterocycles. The van der Waals surface area contributed by atoms with Crippen molar-refractivity contribution in [3.63, 3.8) is 0 Å². The van der Waals surface area contributed by atoms with Crippen LogP contribution in [0.1, 0.15) is 25.8 Å². The van der Waals surface area contributed by atoms with Gasteiger partial charge in [-0.15, -0.1) is 0 Å². The van der Waals surface area contributed by atoms with Crippen molar-refractivity contribution in [1.29, 1.82) is 0 Å². The van der Waals surface area contributed by atoms with Crippen molar-refractivity contribution in [3.05, 3.63) is 51.6 Å². The second kappa shape index (κ2) is 7.31. The second-order valence-corrected chi connectivity index (χ2v) is 4.14. The first-order chi connectivity index (χ1) is 9.04. The molecular weight excluding hydrogens is 246 g/mol. The van der Waals surface area contributed by atoms with Crippen LogP contribution in [0.25, 0.3) is 6.08 Å². The summed E-state index contributed by atoms with van der Waals surface area (Å²) in [7, 11) is 0. The molecule has 0 bridgehead atoms. The highest BCUT2D eigenvalue weighted by Crippen LogP contribution is 2.15. The van der Waals surface area contributed by atoms with Gasteiger partial charge in [0.15, 0.2) is 0 Å². The van der Waals surface area contributed by atoms with Crippen molar-refractivity contribution in [2.75, 3.05) is 6.61 Å². The van der Waals surface area contributed by atoms with Gasteiger partial charge >= 0.3 is 5.97 Å². The molecule has 0 N–H and O–H groups in total. The summed E-state index contributed by atoms with van der Waals surface area (Å²) in [5, 5.41) is 10.7. The fourth-order valence-electron chi connectivity index (χ4n) is 1.57. The summed E-state index contributed by atoms with van der Waals surface area (Å²) in [6, 6.07) is 8.38. The van der Waals surface area contributed by atoms with Crippen LogP contribution in [0.3, 0.4) is 0 Å². The number of carbonyl (C=O) groups is 1. The lowest BCUT2D eigenvalue weighted by Gasteiger charge is -2.08. The van der Waals surface area contributed by atoms with Crippen LogP contribution in [0.2, 0.25) is 0 Å². The maximum Gasteiger partial charge on any atom is 0.334 e. The molecule has 1 rings (SSSR count). The Morgan fingerprint density at radius 2 is 2.05 bits per heavy atom. The fourth-order valence-corrected chi connectivity index (χ4v) is 1.57. The Balaban J connectivity index is 2.95. The molecule has 1 aromatic rings. The van der Waals surface area contributed by atoms with Gasteiger partial charge in [-0.2, -0.15) is 0 Å². The molecule has 0 aliphatic rings. The average molecular weight is 263 g/mol. The lowest BCUT2D eigenvalue weighted by atomic mass is 10.0. The summed E-state index contributed by atoms with van der Waals surface area (Å²) in [6.45, 7) is 3.42. The summed E-state index contributed by atoms with van der Waals surface area (Å²) in [6.07, 6.45) is 1.69. The van der Waals surface area contributed by atoms with Crippen LogP contribution >= 0.6 is 0 Å². The first-order valence-electron chi connectivity index (χ1n) is 6.10. The lowest BCUT2D eigenvalue weighted by Crippen LogP contribution is -2.19. The Labute approximate surface area is 112 Å². The van der Waals surface area contributed by atoms with Crippen molar-refractivity contribution in [3.8, 4) is 0 Å². The molecule has 0 saturated carbocycles. The van der Waals surface area contributed by atoms with Gasteiger partial charge in [0.2, 0.25) is 6.04 Å². The molecule has 19 heavy (non-hydrogen) atoms. The van der Waals surface area contributed by atoms with E-state index in [1.54, 1.807) is 13.0 Å². The van der Waals surface area contributed by atoms with Crippen molar-refractivity contribution in [2.24, 2.45) is 0 Å². The normalized spacial score (nSPS) is 12.8. The zero-order valence-corrected chi connectivity index (χ0v) is 11.0. The van der Waals surface area contributed by atoms with Crippen molar-refractivity contribution in [1.82, 2.24) is 0 Å². The molecule has 0 spiro atoms. The van der Waals surface area contributed by atoms with Gasteiger partial charge in [0, 0.05) is 23.8 Å². The third kappa shape index (κ3) is 4.91. The molecule has 0 fully saturated rings. The first kappa shape index (κ1) is 14.9. The smallest absolute Gasteiger partial charge is 0.334 e. The van der Waals surface area contributed by atoms with Crippen LogP contribution in [0.4, 0.5) is 0 Å². The molecule has 0 radical (unpaired) electrons. The molecule has 0 aliphatic carbocycles. The molecular formula is C14H17NO4. The number of carbonyl (C=O) groups excluding carboxylic acids is 1. The zero-order chi connectivity index (χ0) is 14.3. The summed E-state index contributed by atoms with van der Waals surface area (Å²) in [5.74, 6) is -0.500. The monoisotopic (exact) mass is 263 g/mol. The number of hydrogen-bond acceptors (Lipinski definition) is 4. The summed E-state index contributed by atoms with van der Waals surface area (Å²) >= 11 is 0. The van der Waals surface area contributed by atoms with E-state index in [1.807, 2.05) is 30.3 Å². The average Bonchev–Trinajstić information content (AvgIpc) is 2.39. The van der Waals surface area contributed by atoms with Crippen LogP contribution in [-0.4, -0.2) is 23.5 Å². The molecule has 1 aromatic carbocycles. The van der Waals surface area contributed by atoms with Gasteiger partial charge < -0.3 is 4.74 Å². The quantitative estimate of drug-likeness (QED) is 0.342. The van der Waals surface area contributed by atoms with Gasteiger partial charge in [-0.05, 0) is 18.6 Å². The van der Waals surface area contributed by atoms with Crippen LogP contribution in [0, 0.1) is 10.1 Å². The van der Waals surface area contributed by atoms with E-state index in [0.717, 1.165) is 5.56 Å². The van der Waals surface area contributed by atoms with E-state index >= 15 is 0 Å². The molecule has 102 valence electrons. The molecule has 0 heterocycles. The molecule has 0 amide bonds. The topological polar surface area (TPSA) is 69.4 Å². The van der Waals surface area contributed by atoms with E-state index in [2.05, 4.69) is 0 Å². The fraction of sp³-hybridized carbons (Fsp3) is 0.357. The predicted octanol–water partition coefficient (Wildman–Crippen LogP) is 2.69. The maximum atomic E-state index is 11.8. The Hall–Kier alpha value is -2.17. The third-order valence-electron chi connectivity index (χ3n) is 2.55. The van der Waals surface area contributed by atoms with Crippen molar-refractivity contribution < 1.29 is 14.5 Å². The van der Waals surface area contributed by atoms with Crippen LogP contribution in [0.5, 0.6) is 0 Å². The number of rotatable bonds is 6. The third-order valence-corrected chi connectivity index (χ3v) is 2.55. The standard InChI is InChI=1S/C14H17NO4/c1-3-19-14(16)13(9-11(2)15(17)18)10-12-7-5-4-6-8-12/h4-8,10-11H,3,9H2,1-2H3/b13-10-. The Bertz CT molecular complexity index is 468. The van der Waals surface area contributed by atoms with Gasteiger partial charge in [0.25, 0.3) is 0 Å². The Morgan fingerprint density at radius 3 is 2.58 bits per heavy atom. The largest absolute Gasteiger partial charge is 0.463 e. The summed E-state index contributed by atoms with van der Waals surface area (Å²) in [5.41, 5.74) is 1.14. The number of nitrogens with zero attached hydrogens (tertiary/aromatic N) is 1. The van der Waals surface area contributed by atoms with Crippen molar-refractivity contribution >= 4 is 12.0 Å². The maximum absolute atomic E-state index is 11.8. The highest BCUT2D eigenvalue weighted by Gasteiger charge is 2.20. The van der Waals surface area contributed by atoms with E-state index in [0.29, 0.717) is 5.57 Å². The lowest BCUT2D eigenvalue weighted by molar-refractivity contribution is -0.517. The van der Waals surface area contributed by atoms with Gasteiger partial charge in [-0.1, -0.05) is 30.3 Å². The van der Waals surface area contributed by atoms with E-state index in [-0.39, 0.29) is 13.0 Å². The Kier molecular flexibility index (Phi) is 5.73. The molecule has 5 heteroatoms. The van der Waals surface area contributed by atoms with E-state index < -0.39 is 16.9 Å². The number of nitro groups is 1. The number of benzene rings is 1. The van der Waals surface area contributed by atoms with Crippen LogP contribution in [0.15, 0.2) is 35.9 Å². The van der Waals surface area contributed by atoms with Gasteiger partial charge in [-0.25, -0.2) is 4.79 Å². The molecule has 0 aromatic heterocycles. The van der Waals surface area contributed by atoms with Crippen LogP contribution in [-0.2, 0) is 9.53 Å². The van der Waals surface area contributed by atoms with Gasteiger partial charge in [0.05, 0.1) is 6.61 Å². The number of ether oxygens (including phenoxy) is 1. The molecule has 0 aliphatic heterocycles. The molecule has 5 nitrogen and oxygen atoms in total. The molecule has 1 unspecified atom stereocenters. The summed E-state index contributed by atoms with van der Waals surface area (Å²) < 4.78 is 4.93. The predicted molar refractivity (Wildman–Crippen MR) is 72.1 cm³/mol. The number of hydrogen-bond donors (Lipinski definition) is 0. The minimum absolute atomic E-state index is 0.0563. The zero-order valence-electron chi connectivity index (χ0n) is 11.0. The number of esters is 1. The van der Waals surface area contributed by atoms with E-state index in [1.165, 1.54) is 6.92 Å². The van der Waals surface area contributed by atoms with E-state index in [4.69, 9.17) is 4.74 Å². The highest BCUT2D eigenvalue weighted by molar-refractivity contribution is 5.93.